The lowest BCUT2D eigenvalue weighted by Crippen LogP contribution is -2.03. The molecule has 0 spiro atoms. The minimum Gasteiger partial charge on any atom is -0.481 e. The molecule has 3 nitrogen and oxygen atoms in total. The third-order valence-corrected chi connectivity index (χ3v) is 2.66. The maximum Gasteiger partial charge on any atom is 0.307 e. The molecule has 0 atom stereocenters. The van der Waals surface area contributed by atoms with Crippen molar-refractivity contribution in [1.29, 1.82) is 5.26 Å². The maximum absolute atomic E-state index is 10.5. The number of carboxylic acids is 1. The predicted octanol–water partition coefficient (Wildman–Crippen LogP) is 2.60. The lowest BCUT2D eigenvalue weighted by molar-refractivity contribution is -0.136. The van der Waals surface area contributed by atoms with E-state index in [2.05, 4.69) is 15.9 Å². The van der Waals surface area contributed by atoms with Crippen molar-refractivity contribution in [2.45, 2.75) is 6.42 Å². The van der Waals surface area contributed by atoms with Crippen LogP contribution >= 0.6 is 27.5 Å². The highest BCUT2D eigenvalue weighted by atomic mass is 79.9. The van der Waals surface area contributed by atoms with E-state index >= 15 is 0 Å². The summed E-state index contributed by atoms with van der Waals surface area (Å²) in [7, 11) is 0. The Kier molecular flexibility index (Phi) is 3.50. The molecule has 5 heteroatoms. The number of benzene rings is 1. The fourth-order valence-electron chi connectivity index (χ4n) is 1.04. The van der Waals surface area contributed by atoms with Crippen LogP contribution in [-0.2, 0) is 11.2 Å². The Labute approximate surface area is 94.0 Å². The average molecular weight is 275 g/mol. The molecule has 0 aliphatic heterocycles. The van der Waals surface area contributed by atoms with E-state index in [0.717, 1.165) is 0 Å². The minimum absolute atomic E-state index is 0.249. The van der Waals surface area contributed by atoms with E-state index in [4.69, 9.17) is 22.0 Å². The highest BCUT2D eigenvalue weighted by molar-refractivity contribution is 9.10. The summed E-state index contributed by atoms with van der Waals surface area (Å²) in [6.45, 7) is 0. The fourth-order valence-corrected chi connectivity index (χ4v) is 1.72. The molecule has 0 aliphatic rings. The highest BCUT2D eigenvalue weighted by Crippen LogP contribution is 2.27. The topological polar surface area (TPSA) is 61.1 Å². The SMILES string of the molecule is N#Cc1c(Br)ccc(Cl)c1CC(=O)O. The molecule has 72 valence electrons. The summed E-state index contributed by atoms with van der Waals surface area (Å²) in [5.74, 6) is -1.01. The quantitative estimate of drug-likeness (QED) is 0.901. The first kappa shape index (κ1) is 11.0. The highest BCUT2D eigenvalue weighted by Gasteiger charge is 2.13. The summed E-state index contributed by atoms with van der Waals surface area (Å²) < 4.78 is 0.556. The summed E-state index contributed by atoms with van der Waals surface area (Å²) in [5.41, 5.74) is 0.621. The van der Waals surface area contributed by atoms with Crippen molar-refractivity contribution in [1.82, 2.24) is 0 Å². The summed E-state index contributed by atoms with van der Waals surface area (Å²) >= 11 is 8.95. The Balaban J connectivity index is 3.31. The largest absolute Gasteiger partial charge is 0.481 e. The molecular formula is C9H5BrClNO2. The van der Waals surface area contributed by atoms with Crippen molar-refractivity contribution in [3.05, 3.63) is 32.8 Å². The van der Waals surface area contributed by atoms with Gasteiger partial charge in [-0.3, -0.25) is 4.79 Å². The van der Waals surface area contributed by atoms with Crippen LogP contribution in [0.2, 0.25) is 5.02 Å². The molecule has 1 aromatic rings. The molecule has 1 rings (SSSR count). The van der Waals surface area contributed by atoms with Gasteiger partial charge in [-0.25, -0.2) is 0 Å². The summed E-state index contributed by atoms with van der Waals surface area (Å²) in [6.07, 6.45) is -0.249. The first-order valence-corrected chi connectivity index (χ1v) is 4.82. The van der Waals surface area contributed by atoms with Gasteiger partial charge in [0, 0.05) is 15.1 Å². The molecule has 0 aromatic heterocycles. The molecule has 0 saturated heterocycles. The van der Waals surface area contributed by atoms with Crippen molar-refractivity contribution in [2.75, 3.05) is 0 Å². The van der Waals surface area contributed by atoms with Crippen molar-refractivity contribution < 1.29 is 9.90 Å². The molecule has 0 radical (unpaired) electrons. The van der Waals surface area contributed by atoms with E-state index in [0.29, 0.717) is 15.1 Å². The van der Waals surface area contributed by atoms with Crippen LogP contribution in [0.1, 0.15) is 11.1 Å². The van der Waals surface area contributed by atoms with E-state index in [1.165, 1.54) is 0 Å². The molecule has 0 unspecified atom stereocenters. The lowest BCUT2D eigenvalue weighted by Gasteiger charge is -2.05. The number of hydrogen-bond donors (Lipinski definition) is 1. The minimum atomic E-state index is -1.01. The number of rotatable bonds is 2. The normalized spacial score (nSPS) is 9.50. The van der Waals surface area contributed by atoms with E-state index in [9.17, 15) is 4.79 Å². The molecule has 0 aliphatic carbocycles. The second kappa shape index (κ2) is 4.45. The fraction of sp³-hybridized carbons (Fsp3) is 0.111. The number of hydrogen-bond acceptors (Lipinski definition) is 2. The first-order valence-electron chi connectivity index (χ1n) is 3.65. The van der Waals surface area contributed by atoms with Gasteiger partial charge in [-0.05, 0) is 28.1 Å². The Morgan fingerprint density at radius 1 is 1.64 bits per heavy atom. The molecule has 0 bridgehead atoms. The smallest absolute Gasteiger partial charge is 0.307 e. The van der Waals surface area contributed by atoms with Crippen molar-refractivity contribution in [3.8, 4) is 6.07 Å². The monoisotopic (exact) mass is 273 g/mol. The third kappa shape index (κ3) is 2.25. The molecule has 0 amide bonds. The molecule has 1 aromatic carbocycles. The number of halogens is 2. The number of nitriles is 1. The second-order valence-electron chi connectivity index (χ2n) is 2.57. The van der Waals surface area contributed by atoms with Gasteiger partial charge in [-0.15, -0.1) is 0 Å². The van der Waals surface area contributed by atoms with Crippen LogP contribution in [0.25, 0.3) is 0 Å². The average Bonchev–Trinajstić information content (AvgIpc) is 2.11. The molecule has 1 N–H and O–H groups in total. The van der Waals surface area contributed by atoms with Crippen molar-refractivity contribution in [2.24, 2.45) is 0 Å². The zero-order chi connectivity index (χ0) is 10.7. The molecular weight excluding hydrogens is 269 g/mol. The van der Waals surface area contributed by atoms with Crippen LogP contribution in [0.15, 0.2) is 16.6 Å². The molecule has 0 saturated carbocycles. The Morgan fingerprint density at radius 3 is 2.79 bits per heavy atom. The van der Waals surface area contributed by atoms with Crippen LogP contribution in [0.5, 0.6) is 0 Å². The maximum atomic E-state index is 10.5. The van der Waals surface area contributed by atoms with Crippen LogP contribution < -0.4 is 0 Å². The van der Waals surface area contributed by atoms with E-state index < -0.39 is 5.97 Å². The van der Waals surface area contributed by atoms with Gasteiger partial charge in [-0.1, -0.05) is 11.6 Å². The van der Waals surface area contributed by atoms with Gasteiger partial charge in [0.2, 0.25) is 0 Å². The van der Waals surface area contributed by atoms with Gasteiger partial charge in [0.25, 0.3) is 0 Å². The van der Waals surface area contributed by atoms with E-state index in [-0.39, 0.29) is 12.0 Å². The molecule has 0 heterocycles. The van der Waals surface area contributed by atoms with Crippen LogP contribution in [0, 0.1) is 11.3 Å². The van der Waals surface area contributed by atoms with Crippen molar-refractivity contribution >= 4 is 33.5 Å². The van der Waals surface area contributed by atoms with Gasteiger partial charge in [-0.2, -0.15) is 5.26 Å². The summed E-state index contributed by atoms with van der Waals surface area (Å²) in [6, 6.07) is 5.09. The summed E-state index contributed by atoms with van der Waals surface area (Å²) in [5, 5.41) is 17.7. The first-order chi connectivity index (χ1) is 6.56. The number of nitrogens with zero attached hydrogens (tertiary/aromatic N) is 1. The Hall–Kier alpha value is -1.05. The Bertz CT molecular complexity index is 426. The van der Waals surface area contributed by atoms with Crippen LogP contribution in [0.4, 0.5) is 0 Å². The van der Waals surface area contributed by atoms with Crippen molar-refractivity contribution in [3.63, 3.8) is 0 Å². The van der Waals surface area contributed by atoms with E-state index in [1.54, 1.807) is 12.1 Å². The van der Waals surface area contributed by atoms with Gasteiger partial charge in [0.05, 0.1) is 12.0 Å². The zero-order valence-corrected chi connectivity index (χ0v) is 9.26. The molecule has 0 fully saturated rings. The third-order valence-electron chi connectivity index (χ3n) is 1.64. The van der Waals surface area contributed by atoms with Gasteiger partial charge < -0.3 is 5.11 Å². The predicted molar refractivity (Wildman–Crippen MR) is 55.2 cm³/mol. The summed E-state index contributed by atoms with van der Waals surface area (Å²) in [4.78, 5) is 10.5. The van der Waals surface area contributed by atoms with E-state index in [1.807, 2.05) is 6.07 Å². The number of carboxylic acid groups (broad SMARTS) is 1. The second-order valence-corrected chi connectivity index (χ2v) is 3.83. The molecule has 14 heavy (non-hydrogen) atoms. The van der Waals surface area contributed by atoms with Crippen LogP contribution in [0.3, 0.4) is 0 Å². The van der Waals surface area contributed by atoms with Gasteiger partial charge >= 0.3 is 5.97 Å². The van der Waals surface area contributed by atoms with Crippen LogP contribution in [-0.4, -0.2) is 11.1 Å². The lowest BCUT2D eigenvalue weighted by atomic mass is 10.1. The Morgan fingerprint density at radius 2 is 2.29 bits per heavy atom. The number of carbonyl (C=O) groups is 1. The van der Waals surface area contributed by atoms with Gasteiger partial charge in [0.1, 0.15) is 6.07 Å². The van der Waals surface area contributed by atoms with Gasteiger partial charge in [0.15, 0.2) is 0 Å². The number of aliphatic carboxylic acids is 1. The zero-order valence-electron chi connectivity index (χ0n) is 6.92. The standard InChI is InChI=1S/C9H5BrClNO2/c10-7-1-2-8(11)5(3-9(13)14)6(7)4-12/h1-2H,3H2,(H,13,14).